The largest absolute Gasteiger partial charge is 0.467 e. The molecule has 1 nitrogen and oxygen atoms in total. The molecular weight excluding hydrogens is 256 g/mol. The van der Waals surface area contributed by atoms with Gasteiger partial charge in [-0.1, -0.05) is 53.4 Å². The highest BCUT2D eigenvalue weighted by atomic mass is 16.5. The van der Waals surface area contributed by atoms with Crippen LogP contribution in [0.2, 0.25) is 0 Å². The van der Waals surface area contributed by atoms with Gasteiger partial charge in [-0.25, -0.2) is 0 Å². The van der Waals surface area contributed by atoms with Gasteiger partial charge >= 0.3 is 0 Å². The van der Waals surface area contributed by atoms with Crippen LogP contribution in [-0.4, -0.2) is 0 Å². The normalized spacial score (nSPS) is 12.8. The molecule has 0 radical (unpaired) electrons. The van der Waals surface area contributed by atoms with Crippen LogP contribution in [0.1, 0.15) is 105 Å². The quantitative estimate of drug-likeness (QED) is 0.237. The molecule has 124 valence electrons. The summed E-state index contributed by atoms with van der Waals surface area (Å²) in [6.45, 7) is 8.99. The van der Waals surface area contributed by atoms with E-state index in [0.29, 0.717) is 0 Å². The van der Waals surface area contributed by atoms with Crippen molar-refractivity contribution in [3.8, 4) is 0 Å². The minimum atomic E-state index is 1.09. The Hall–Kier alpha value is -0.720. The molecule has 0 spiro atoms. The van der Waals surface area contributed by atoms with E-state index >= 15 is 0 Å². The van der Waals surface area contributed by atoms with Crippen LogP contribution < -0.4 is 0 Å². The Balaban J connectivity index is 4.58. The minimum absolute atomic E-state index is 1.09. The summed E-state index contributed by atoms with van der Waals surface area (Å²) in [5.74, 6) is 2.42. The molecule has 0 aromatic heterocycles. The minimum Gasteiger partial charge on any atom is -0.467 e. The molecule has 0 amide bonds. The average Bonchev–Trinajstić information content (AvgIpc) is 2.50. The van der Waals surface area contributed by atoms with Crippen LogP contribution >= 0.6 is 0 Å². The summed E-state index contributed by atoms with van der Waals surface area (Å²) in [4.78, 5) is 0. The Bertz CT molecular complexity index is 248. The fraction of sp³-hybridized carbons (Fsp3) is 0.800. The molecule has 0 bridgehead atoms. The molecule has 1 heteroatoms. The molecule has 0 rings (SSSR count). The smallest absolute Gasteiger partial charge is 0.0996 e. The van der Waals surface area contributed by atoms with Gasteiger partial charge in [-0.15, -0.1) is 0 Å². The number of hydrogen-bond acceptors (Lipinski definition) is 1. The van der Waals surface area contributed by atoms with Gasteiger partial charge in [-0.3, -0.25) is 0 Å². The molecule has 0 atom stereocenters. The second-order valence-electron chi connectivity index (χ2n) is 5.93. The van der Waals surface area contributed by atoms with E-state index in [1.165, 1.54) is 62.9 Å². The molecule has 0 aliphatic rings. The van der Waals surface area contributed by atoms with Gasteiger partial charge in [0.25, 0.3) is 0 Å². The maximum Gasteiger partial charge on any atom is 0.0996 e. The van der Waals surface area contributed by atoms with Crippen molar-refractivity contribution >= 4 is 0 Å². The summed E-state index contributed by atoms with van der Waals surface area (Å²) in [6, 6.07) is 0. The fourth-order valence-corrected chi connectivity index (χ4v) is 2.19. The summed E-state index contributed by atoms with van der Waals surface area (Å²) in [7, 11) is 0. The monoisotopic (exact) mass is 294 g/mol. The summed E-state index contributed by atoms with van der Waals surface area (Å²) >= 11 is 0. The van der Waals surface area contributed by atoms with Crippen LogP contribution in [0.4, 0.5) is 0 Å². The van der Waals surface area contributed by atoms with E-state index in [9.17, 15) is 0 Å². The first kappa shape index (κ1) is 20.3. The predicted molar refractivity (Wildman–Crippen MR) is 95.4 cm³/mol. The van der Waals surface area contributed by atoms with Crippen molar-refractivity contribution in [3.05, 3.63) is 23.7 Å². The maximum absolute atomic E-state index is 6.27. The highest BCUT2D eigenvalue weighted by molar-refractivity contribution is 5.02. The number of allylic oxidation sites excluding steroid dienone is 4. The lowest BCUT2D eigenvalue weighted by molar-refractivity contribution is 0.268. The van der Waals surface area contributed by atoms with Crippen LogP contribution in [0.3, 0.4) is 0 Å². The fourth-order valence-electron chi connectivity index (χ4n) is 2.19. The summed E-state index contributed by atoms with van der Waals surface area (Å²) in [5.41, 5.74) is 0. The van der Waals surface area contributed by atoms with Gasteiger partial charge in [-0.2, -0.15) is 0 Å². The van der Waals surface area contributed by atoms with E-state index in [4.69, 9.17) is 4.74 Å². The lowest BCUT2D eigenvalue weighted by atomic mass is 10.1. The van der Waals surface area contributed by atoms with Gasteiger partial charge in [0, 0.05) is 12.8 Å². The average molecular weight is 295 g/mol. The molecule has 0 aliphatic heterocycles. The van der Waals surface area contributed by atoms with Crippen LogP contribution in [0.15, 0.2) is 23.7 Å². The van der Waals surface area contributed by atoms with E-state index < -0.39 is 0 Å². The van der Waals surface area contributed by atoms with E-state index in [1.54, 1.807) is 0 Å². The highest BCUT2D eigenvalue weighted by Gasteiger charge is 2.04. The van der Waals surface area contributed by atoms with Crippen LogP contribution in [-0.2, 0) is 4.74 Å². The van der Waals surface area contributed by atoms with Crippen molar-refractivity contribution in [1.82, 2.24) is 0 Å². The molecule has 0 saturated carbocycles. The van der Waals surface area contributed by atoms with Crippen LogP contribution in [0.5, 0.6) is 0 Å². The molecule has 0 fully saturated rings. The zero-order valence-corrected chi connectivity index (χ0v) is 15.0. The molecule has 0 aliphatic carbocycles. The van der Waals surface area contributed by atoms with Crippen molar-refractivity contribution in [1.29, 1.82) is 0 Å². The van der Waals surface area contributed by atoms with Crippen LogP contribution in [0.25, 0.3) is 0 Å². The van der Waals surface area contributed by atoms with Gasteiger partial charge in [0.15, 0.2) is 0 Å². The molecule has 0 aromatic rings. The number of unbranched alkanes of at least 4 members (excludes halogenated alkanes) is 6. The summed E-state index contributed by atoms with van der Waals surface area (Å²) in [6.07, 6.45) is 19.1. The predicted octanol–water partition coefficient (Wildman–Crippen LogP) is 7.53. The van der Waals surface area contributed by atoms with Gasteiger partial charge in [0.05, 0.1) is 11.5 Å². The second-order valence-corrected chi connectivity index (χ2v) is 5.93. The maximum atomic E-state index is 6.27. The SMILES string of the molecule is CCCCC=C(CCCC)OC(=CCCCC)CCCC. The van der Waals surface area contributed by atoms with Gasteiger partial charge in [-0.05, 0) is 50.7 Å². The van der Waals surface area contributed by atoms with Crippen molar-refractivity contribution in [3.63, 3.8) is 0 Å². The van der Waals surface area contributed by atoms with Crippen LogP contribution in [0, 0.1) is 0 Å². The Morgan fingerprint density at radius 3 is 1.33 bits per heavy atom. The van der Waals surface area contributed by atoms with Gasteiger partial charge in [0.1, 0.15) is 0 Å². The van der Waals surface area contributed by atoms with E-state index in [2.05, 4.69) is 39.8 Å². The molecule has 0 aromatic carbocycles. The summed E-state index contributed by atoms with van der Waals surface area (Å²) < 4.78 is 6.27. The third kappa shape index (κ3) is 12.7. The molecule has 0 heterocycles. The molecule has 0 unspecified atom stereocenters. The van der Waals surface area contributed by atoms with Crippen molar-refractivity contribution < 1.29 is 4.74 Å². The van der Waals surface area contributed by atoms with Crippen molar-refractivity contribution in [2.24, 2.45) is 0 Å². The molecular formula is C20H38O. The first-order chi connectivity index (χ1) is 10.3. The lowest BCUT2D eigenvalue weighted by Gasteiger charge is -2.14. The van der Waals surface area contributed by atoms with E-state index in [1.807, 2.05) is 0 Å². The number of ether oxygens (including phenoxy) is 1. The second kappa shape index (κ2) is 15.7. The summed E-state index contributed by atoms with van der Waals surface area (Å²) in [5, 5.41) is 0. The topological polar surface area (TPSA) is 9.23 Å². The Kier molecular flexibility index (Phi) is 15.1. The third-order valence-corrected chi connectivity index (χ3v) is 3.68. The first-order valence-electron chi connectivity index (χ1n) is 9.34. The highest BCUT2D eigenvalue weighted by Crippen LogP contribution is 2.20. The Morgan fingerprint density at radius 2 is 1.00 bits per heavy atom. The first-order valence-corrected chi connectivity index (χ1v) is 9.34. The van der Waals surface area contributed by atoms with E-state index in [0.717, 1.165) is 25.7 Å². The molecule has 0 saturated heterocycles. The zero-order valence-electron chi connectivity index (χ0n) is 15.0. The van der Waals surface area contributed by atoms with E-state index in [-0.39, 0.29) is 0 Å². The third-order valence-electron chi connectivity index (χ3n) is 3.68. The van der Waals surface area contributed by atoms with Crippen molar-refractivity contribution in [2.75, 3.05) is 0 Å². The number of rotatable bonds is 14. The van der Waals surface area contributed by atoms with Gasteiger partial charge in [0.2, 0.25) is 0 Å². The van der Waals surface area contributed by atoms with Gasteiger partial charge < -0.3 is 4.74 Å². The lowest BCUT2D eigenvalue weighted by Crippen LogP contribution is -1.96. The Morgan fingerprint density at radius 1 is 0.619 bits per heavy atom. The standard InChI is InChI=1S/C20H38O/c1-5-9-13-17-19(15-11-7-3)21-20(16-12-8-4)18-14-10-6-2/h17-18H,5-16H2,1-4H3. The Labute approximate surface area is 133 Å². The molecule has 0 N–H and O–H groups in total. The number of hydrogen-bond donors (Lipinski definition) is 0. The van der Waals surface area contributed by atoms with Crippen molar-refractivity contribution in [2.45, 2.75) is 105 Å². The molecule has 21 heavy (non-hydrogen) atoms. The zero-order chi connectivity index (χ0) is 15.8.